The van der Waals surface area contributed by atoms with Crippen LogP contribution in [0.3, 0.4) is 0 Å². The first kappa shape index (κ1) is 22.0. The Hall–Kier alpha value is -2.03. The van der Waals surface area contributed by atoms with E-state index in [1.807, 2.05) is 55.7 Å². The van der Waals surface area contributed by atoms with Gasteiger partial charge in [0.05, 0.1) is 0 Å². The number of halogens is 1. The van der Waals surface area contributed by atoms with E-state index in [4.69, 9.17) is 0 Å². The van der Waals surface area contributed by atoms with Gasteiger partial charge in [0.15, 0.2) is 5.96 Å². The summed E-state index contributed by atoms with van der Waals surface area (Å²) in [4.78, 5) is 15.9. The van der Waals surface area contributed by atoms with Crippen LogP contribution in [0.4, 0.5) is 5.69 Å². The van der Waals surface area contributed by atoms with E-state index < -0.39 is 0 Å². The number of nitrogens with zero attached hydrogens (tertiary/aromatic N) is 2. The molecule has 1 aromatic carbocycles. The Morgan fingerprint density at radius 2 is 1.92 bits per heavy atom. The molecule has 2 rings (SSSR count). The number of guanidine groups is 1. The molecule has 0 bridgehead atoms. The lowest BCUT2D eigenvalue weighted by Gasteiger charge is -2.13. The largest absolute Gasteiger partial charge is 0.355 e. The number of anilines is 1. The lowest BCUT2D eigenvalue weighted by Crippen LogP contribution is -2.38. The molecule has 0 spiro atoms. The van der Waals surface area contributed by atoms with Crippen molar-refractivity contribution in [2.24, 2.45) is 4.99 Å². The monoisotopic (exact) mass is 469 g/mol. The molecule has 0 radical (unpaired) electrons. The molecule has 6 nitrogen and oxygen atoms in total. The van der Waals surface area contributed by atoms with E-state index in [2.05, 4.69) is 25.5 Å². The predicted octanol–water partition coefficient (Wildman–Crippen LogP) is 3.21. The highest BCUT2D eigenvalue weighted by molar-refractivity contribution is 14.0. The Balaban J connectivity index is 0.00000338. The predicted molar refractivity (Wildman–Crippen MR) is 118 cm³/mol. The summed E-state index contributed by atoms with van der Waals surface area (Å²) in [6, 6.07) is 11.9. The Kier molecular flexibility index (Phi) is 10.5. The van der Waals surface area contributed by atoms with Gasteiger partial charge in [-0.25, -0.2) is 0 Å². The fourth-order valence-corrected chi connectivity index (χ4v) is 2.44. The van der Waals surface area contributed by atoms with Crippen LogP contribution >= 0.6 is 24.0 Å². The second kappa shape index (κ2) is 12.3. The minimum Gasteiger partial charge on any atom is -0.355 e. The van der Waals surface area contributed by atoms with E-state index in [0.717, 1.165) is 36.7 Å². The van der Waals surface area contributed by atoms with Crippen LogP contribution < -0.4 is 16.0 Å². The minimum absolute atomic E-state index is 0. The van der Waals surface area contributed by atoms with Crippen molar-refractivity contribution >= 4 is 41.5 Å². The molecule has 0 saturated carbocycles. The highest BCUT2D eigenvalue weighted by Gasteiger charge is 2.03. The van der Waals surface area contributed by atoms with Crippen molar-refractivity contribution in [3.8, 4) is 0 Å². The number of hydrogen-bond donors (Lipinski definition) is 3. The second-order valence-electron chi connectivity index (χ2n) is 5.77. The standard InChI is InChI=1S/C19H27N5O.HI/c1-3-7-18(25)23-17-9-6-8-16(14-17)15-22-19(20-2)21-10-13-24-11-4-5-12-24;/h4-6,8-9,11-12,14H,3,7,10,13,15H2,1-2H3,(H,23,25)(H2,20,21,22);1H. The van der Waals surface area contributed by atoms with Crippen molar-refractivity contribution in [3.63, 3.8) is 0 Å². The van der Waals surface area contributed by atoms with Crippen molar-refractivity contribution in [2.75, 3.05) is 18.9 Å². The van der Waals surface area contributed by atoms with Gasteiger partial charge in [0.1, 0.15) is 0 Å². The van der Waals surface area contributed by atoms with E-state index in [1.165, 1.54) is 0 Å². The van der Waals surface area contributed by atoms with Crippen LogP contribution in [0.5, 0.6) is 0 Å². The van der Waals surface area contributed by atoms with Gasteiger partial charge in [-0.3, -0.25) is 9.79 Å². The van der Waals surface area contributed by atoms with Crippen LogP contribution in [0.1, 0.15) is 25.3 Å². The smallest absolute Gasteiger partial charge is 0.224 e. The third kappa shape index (κ3) is 7.90. The molecule has 0 unspecified atom stereocenters. The molecule has 7 heteroatoms. The third-order valence-corrected chi connectivity index (χ3v) is 3.70. The average molecular weight is 469 g/mol. The van der Waals surface area contributed by atoms with Gasteiger partial charge in [-0.2, -0.15) is 0 Å². The van der Waals surface area contributed by atoms with Crippen LogP contribution in [0.15, 0.2) is 53.8 Å². The Morgan fingerprint density at radius 1 is 1.15 bits per heavy atom. The highest BCUT2D eigenvalue weighted by atomic mass is 127. The fourth-order valence-electron chi connectivity index (χ4n) is 2.44. The van der Waals surface area contributed by atoms with Gasteiger partial charge in [-0.1, -0.05) is 19.1 Å². The van der Waals surface area contributed by atoms with Crippen LogP contribution in [-0.4, -0.2) is 30.0 Å². The summed E-state index contributed by atoms with van der Waals surface area (Å²) < 4.78 is 2.11. The van der Waals surface area contributed by atoms with Gasteiger partial charge < -0.3 is 20.5 Å². The number of nitrogens with one attached hydrogen (secondary N) is 3. The van der Waals surface area contributed by atoms with Crippen LogP contribution in [0.25, 0.3) is 0 Å². The van der Waals surface area contributed by atoms with E-state index >= 15 is 0 Å². The zero-order valence-electron chi connectivity index (χ0n) is 15.4. The first-order valence-corrected chi connectivity index (χ1v) is 8.65. The molecule has 1 heterocycles. The maximum absolute atomic E-state index is 11.7. The van der Waals surface area contributed by atoms with E-state index in [9.17, 15) is 4.79 Å². The fraction of sp³-hybridized carbons (Fsp3) is 0.368. The number of rotatable bonds is 8. The number of hydrogen-bond acceptors (Lipinski definition) is 2. The van der Waals surface area contributed by atoms with Crippen molar-refractivity contribution in [2.45, 2.75) is 32.9 Å². The van der Waals surface area contributed by atoms with E-state index in [-0.39, 0.29) is 29.9 Å². The van der Waals surface area contributed by atoms with Gasteiger partial charge in [0.25, 0.3) is 0 Å². The van der Waals surface area contributed by atoms with Crippen molar-refractivity contribution in [1.29, 1.82) is 0 Å². The molecule has 0 saturated heterocycles. The number of carbonyl (C=O) groups excluding carboxylic acids is 1. The molecule has 0 aliphatic carbocycles. The van der Waals surface area contributed by atoms with Gasteiger partial charge in [-0.05, 0) is 36.2 Å². The number of benzene rings is 1. The molecular formula is C19H28IN5O. The molecular weight excluding hydrogens is 441 g/mol. The number of amides is 1. The summed E-state index contributed by atoms with van der Waals surface area (Å²) in [5.74, 6) is 0.808. The third-order valence-electron chi connectivity index (χ3n) is 3.70. The zero-order valence-corrected chi connectivity index (χ0v) is 17.7. The van der Waals surface area contributed by atoms with E-state index in [0.29, 0.717) is 13.0 Å². The van der Waals surface area contributed by atoms with E-state index in [1.54, 1.807) is 7.05 Å². The normalized spacial score (nSPS) is 10.8. The number of aliphatic imine (C=N–C) groups is 1. The highest BCUT2D eigenvalue weighted by Crippen LogP contribution is 2.11. The molecule has 1 amide bonds. The van der Waals surface area contributed by atoms with Gasteiger partial charge >= 0.3 is 0 Å². The Morgan fingerprint density at radius 3 is 2.62 bits per heavy atom. The lowest BCUT2D eigenvalue weighted by atomic mass is 10.2. The van der Waals surface area contributed by atoms with Gasteiger partial charge in [-0.15, -0.1) is 24.0 Å². The summed E-state index contributed by atoms with van der Waals surface area (Å²) in [6.45, 7) is 4.31. The minimum atomic E-state index is 0. The second-order valence-corrected chi connectivity index (χ2v) is 5.77. The summed E-state index contributed by atoms with van der Waals surface area (Å²) in [5, 5.41) is 9.50. The summed E-state index contributed by atoms with van der Waals surface area (Å²) in [6.07, 6.45) is 5.46. The summed E-state index contributed by atoms with van der Waals surface area (Å²) in [5.41, 5.74) is 1.91. The summed E-state index contributed by atoms with van der Waals surface area (Å²) in [7, 11) is 1.76. The van der Waals surface area contributed by atoms with Crippen LogP contribution in [0.2, 0.25) is 0 Å². The average Bonchev–Trinajstić information content (AvgIpc) is 3.12. The first-order chi connectivity index (χ1) is 12.2. The van der Waals surface area contributed by atoms with Crippen molar-refractivity contribution in [1.82, 2.24) is 15.2 Å². The molecule has 26 heavy (non-hydrogen) atoms. The van der Waals surface area contributed by atoms with Gasteiger partial charge in [0.2, 0.25) is 5.91 Å². The molecule has 0 fully saturated rings. The molecule has 3 N–H and O–H groups in total. The van der Waals surface area contributed by atoms with Crippen LogP contribution in [-0.2, 0) is 17.9 Å². The van der Waals surface area contributed by atoms with Gasteiger partial charge in [0, 0.05) is 51.2 Å². The molecule has 142 valence electrons. The maximum atomic E-state index is 11.7. The quantitative estimate of drug-likeness (QED) is 0.316. The topological polar surface area (TPSA) is 70.4 Å². The van der Waals surface area contributed by atoms with Crippen molar-refractivity contribution < 1.29 is 4.79 Å². The molecule has 0 atom stereocenters. The Bertz CT molecular complexity index is 685. The summed E-state index contributed by atoms with van der Waals surface area (Å²) >= 11 is 0. The van der Waals surface area contributed by atoms with Crippen LogP contribution in [0, 0.1) is 0 Å². The number of aromatic nitrogens is 1. The molecule has 2 aromatic rings. The Labute approximate surface area is 172 Å². The molecule has 0 aliphatic rings. The maximum Gasteiger partial charge on any atom is 0.224 e. The first-order valence-electron chi connectivity index (χ1n) is 8.65. The molecule has 0 aliphatic heterocycles. The lowest BCUT2D eigenvalue weighted by molar-refractivity contribution is -0.116. The number of carbonyl (C=O) groups is 1. The van der Waals surface area contributed by atoms with Crippen molar-refractivity contribution in [3.05, 3.63) is 54.4 Å². The zero-order chi connectivity index (χ0) is 17.9. The molecule has 1 aromatic heterocycles. The SMILES string of the molecule is CCCC(=O)Nc1cccc(CNC(=NC)NCCn2cccc2)c1.I.